The molecule has 4 rings (SSSR count). The van der Waals surface area contributed by atoms with Gasteiger partial charge < -0.3 is 14.8 Å². The van der Waals surface area contributed by atoms with E-state index >= 15 is 0 Å². The van der Waals surface area contributed by atoms with E-state index in [0.717, 1.165) is 18.2 Å². The van der Waals surface area contributed by atoms with Crippen LogP contribution in [0.15, 0.2) is 71.6 Å². The highest BCUT2D eigenvalue weighted by molar-refractivity contribution is 8.27. The lowest BCUT2D eigenvalue weighted by Crippen LogP contribution is -2.27. The molecule has 3 aromatic carbocycles. The number of carbonyl (C=O) groups is 2. The molecule has 0 aromatic heterocycles. The van der Waals surface area contributed by atoms with Gasteiger partial charge in [0.05, 0.1) is 17.7 Å². The summed E-state index contributed by atoms with van der Waals surface area (Å²) in [5, 5.41) is 2.80. The van der Waals surface area contributed by atoms with E-state index in [4.69, 9.17) is 21.7 Å². The number of nitrogens with one attached hydrogen (secondary N) is 1. The molecule has 0 bridgehead atoms. The van der Waals surface area contributed by atoms with E-state index in [9.17, 15) is 14.0 Å². The summed E-state index contributed by atoms with van der Waals surface area (Å²) in [5.41, 5.74) is 2.94. The van der Waals surface area contributed by atoms with Gasteiger partial charge in [-0.1, -0.05) is 55.2 Å². The highest BCUT2D eigenvalue weighted by atomic mass is 32.2. The summed E-state index contributed by atoms with van der Waals surface area (Å²) in [5.74, 6) is -0.290. The number of hydrogen-bond donors (Lipinski definition) is 1. The Morgan fingerprint density at radius 2 is 1.89 bits per heavy atom. The average molecular weight is 523 g/mol. The standard InChI is InChI=1S/C27H23FN2O4S2/c1-3-17-7-10-20(11-8-17)29-25(31)16-34-22-12-9-18(13-23(22)33-2)14-24-26(32)30(27(35)36-24)21-6-4-5-19(28)15-21/h4-15H,3,16H2,1-2H3,(H,29,31)/b24-14+. The van der Waals surface area contributed by atoms with Crippen LogP contribution < -0.4 is 19.7 Å². The van der Waals surface area contributed by atoms with Gasteiger partial charge in [0.15, 0.2) is 22.4 Å². The summed E-state index contributed by atoms with van der Waals surface area (Å²) >= 11 is 6.48. The first-order valence-corrected chi connectivity index (χ1v) is 12.3. The van der Waals surface area contributed by atoms with Crippen LogP contribution in [0.3, 0.4) is 0 Å². The SMILES string of the molecule is CCc1ccc(NC(=O)COc2ccc(/C=C3/SC(=S)N(c4cccc(F)c4)C3=O)cc2OC)cc1. The highest BCUT2D eigenvalue weighted by Crippen LogP contribution is 2.37. The molecule has 0 unspecified atom stereocenters. The number of amides is 2. The van der Waals surface area contributed by atoms with Crippen LogP contribution in [-0.2, 0) is 16.0 Å². The molecule has 0 saturated carbocycles. The van der Waals surface area contributed by atoms with E-state index in [1.54, 1.807) is 30.3 Å². The van der Waals surface area contributed by atoms with Crippen LogP contribution in [0.4, 0.5) is 15.8 Å². The van der Waals surface area contributed by atoms with Gasteiger partial charge in [0.1, 0.15) is 5.82 Å². The van der Waals surface area contributed by atoms with Crippen molar-refractivity contribution in [3.63, 3.8) is 0 Å². The number of thioether (sulfide) groups is 1. The van der Waals surface area contributed by atoms with Crippen molar-refractivity contribution in [2.24, 2.45) is 0 Å². The van der Waals surface area contributed by atoms with Crippen molar-refractivity contribution in [1.29, 1.82) is 0 Å². The van der Waals surface area contributed by atoms with Crippen LogP contribution in [0, 0.1) is 5.82 Å². The summed E-state index contributed by atoms with van der Waals surface area (Å²) < 4.78 is 25.0. The number of halogens is 1. The van der Waals surface area contributed by atoms with E-state index in [0.29, 0.717) is 37.7 Å². The summed E-state index contributed by atoms with van der Waals surface area (Å²) in [6.45, 7) is 1.87. The number of benzene rings is 3. The second-order valence-corrected chi connectivity index (χ2v) is 9.47. The lowest BCUT2D eigenvalue weighted by atomic mass is 10.1. The fourth-order valence-corrected chi connectivity index (χ4v) is 4.81. The number of carbonyl (C=O) groups excluding carboxylic acids is 2. The topological polar surface area (TPSA) is 67.9 Å². The Morgan fingerprint density at radius 3 is 2.58 bits per heavy atom. The van der Waals surface area contributed by atoms with Crippen molar-refractivity contribution in [2.75, 3.05) is 23.9 Å². The number of methoxy groups -OCH3 is 1. The van der Waals surface area contributed by atoms with Gasteiger partial charge in [-0.25, -0.2) is 4.39 Å². The Balaban J connectivity index is 1.43. The van der Waals surface area contributed by atoms with Gasteiger partial charge in [0.25, 0.3) is 11.8 Å². The van der Waals surface area contributed by atoms with Crippen LogP contribution in [0.5, 0.6) is 11.5 Å². The third-order valence-electron chi connectivity index (χ3n) is 5.35. The number of aryl methyl sites for hydroxylation is 1. The summed E-state index contributed by atoms with van der Waals surface area (Å²) in [4.78, 5) is 26.9. The van der Waals surface area contributed by atoms with Crippen molar-refractivity contribution >= 4 is 57.6 Å². The molecule has 1 aliphatic rings. The Kier molecular flexibility index (Phi) is 8.02. The molecule has 1 saturated heterocycles. The second kappa shape index (κ2) is 11.4. The zero-order valence-corrected chi connectivity index (χ0v) is 21.3. The minimum absolute atomic E-state index is 0.197. The molecule has 1 N–H and O–H groups in total. The minimum atomic E-state index is -0.450. The number of ether oxygens (including phenoxy) is 2. The lowest BCUT2D eigenvalue weighted by molar-refractivity contribution is -0.118. The highest BCUT2D eigenvalue weighted by Gasteiger charge is 2.33. The molecule has 1 aliphatic heterocycles. The maximum absolute atomic E-state index is 13.6. The Hall–Kier alpha value is -3.69. The van der Waals surface area contributed by atoms with Crippen LogP contribution in [0.2, 0.25) is 0 Å². The summed E-state index contributed by atoms with van der Waals surface area (Å²) in [7, 11) is 1.49. The maximum atomic E-state index is 13.6. The van der Waals surface area contributed by atoms with Crippen LogP contribution in [0.1, 0.15) is 18.1 Å². The van der Waals surface area contributed by atoms with E-state index < -0.39 is 5.82 Å². The molecule has 1 fully saturated rings. The smallest absolute Gasteiger partial charge is 0.270 e. The minimum Gasteiger partial charge on any atom is -0.493 e. The average Bonchev–Trinajstić information content (AvgIpc) is 3.15. The van der Waals surface area contributed by atoms with Gasteiger partial charge in [-0.3, -0.25) is 14.5 Å². The number of anilines is 2. The third-order valence-corrected chi connectivity index (χ3v) is 6.65. The first kappa shape index (κ1) is 25.4. The fraction of sp³-hybridized carbons (Fsp3) is 0.148. The largest absolute Gasteiger partial charge is 0.493 e. The zero-order chi connectivity index (χ0) is 25.7. The molecular formula is C27H23FN2O4S2. The Morgan fingerprint density at radius 1 is 1.11 bits per heavy atom. The number of nitrogens with zero attached hydrogens (tertiary/aromatic N) is 1. The van der Waals surface area contributed by atoms with E-state index in [2.05, 4.69) is 12.2 Å². The van der Waals surface area contributed by atoms with Gasteiger partial charge in [-0.2, -0.15) is 0 Å². The van der Waals surface area contributed by atoms with Gasteiger partial charge in [-0.15, -0.1) is 0 Å². The molecule has 184 valence electrons. The Bertz CT molecular complexity index is 1340. The van der Waals surface area contributed by atoms with Crippen LogP contribution >= 0.6 is 24.0 Å². The van der Waals surface area contributed by atoms with E-state index in [1.807, 2.05) is 24.3 Å². The summed E-state index contributed by atoms with van der Waals surface area (Å²) in [6.07, 6.45) is 2.60. The first-order chi connectivity index (χ1) is 17.4. The van der Waals surface area contributed by atoms with Crippen molar-refractivity contribution in [1.82, 2.24) is 0 Å². The molecule has 6 nitrogen and oxygen atoms in total. The third kappa shape index (κ3) is 5.92. The molecule has 2 amide bonds. The van der Waals surface area contributed by atoms with Gasteiger partial charge in [-0.05, 0) is 66.1 Å². The number of hydrogen-bond acceptors (Lipinski definition) is 6. The van der Waals surface area contributed by atoms with Crippen LogP contribution in [0.25, 0.3) is 6.08 Å². The molecule has 0 spiro atoms. The van der Waals surface area contributed by atoms with Crippen LogP contribution in [-0.4, -0.2) is 29.9 Å². The lowest BCUT2D eigenvalue weighted by Gasteiger charge is -2.14. The van der Waals surface area contributed by atoms with E-state index in [1.165, 1.54) is 35.8 Å². The fourth-order valence-electron chi connectivity index (χ4n) is 3.51. The normalized spacial score (nSPS) is 14.3. The molecular weight excluding hydrogens is 499 g/mol. The quantitative estimate of drug-likeness (QED) is 0.297. The maximum Gasteiger partial charge on any atom is 0.270 e. The predicted octanol–water partition coefficient (Wildman–Crippen LogP) is 5.82. The molecule has 1 heterocycles. The monoisotopic (exact) mass is 522 g/mol. The molecule has 0 aliphatic carbocycles. The van der Waals surface area contributed by atoms with Crippen molar-refractivity contribution in [3.8, 4) is 11.5 Å². The van der Waals surface area contributed by atoms with Gasteiger partial charge in [0.2, 0.25) is 0 Å². The Labute approximate surface area is 218 Å². The van der Waals surface area contributed by atoms with Gasteiger partial charge in [0, 0.05) is 5.69 Å². The second-order valence-electron chi connectivity index (χ2n) is 7.79. The zero-order valence-electron chi connectivity index (χ0n) is 19.6. The molecule has 36 heavy (non-hydrogen) atoms. The van der Waals surface area contributed by atoms with Gasteiger partial charge >= 0.3 is 0 Å². The molecule has 3 aromatic rings. The van der Waals surface area contributed by atoms with E-state index in [-0.39, 0.29) is 18.4 Å². The predicted molar refractivity (Wildman–Crippen MR) is 145 cm³/mol. The number of rotatable bonds is 8. The van der Waals surface area contributed by atoms with Crippen molar-refractivity contribution < 1.29 is 23.5 Å². The molecule has 9 heteroatoms. The molecule has 0 atom stereocenters. The van der Waals surface area contributed by atoms with Crippen molar-refractivity contribution in [2.45, 2.75) is 13.3 Å². The van der Waals surface area contributed by atoms with Crippen molar-refractivity contribution in [3.05, 3.63) is 88.6 Å². The summed E-state index contributed by atoms with van der Waals surface area (Å²) in [6, 6.07) is 18.5. The molecule has 0 radical (unpaired) electrons. The number of thiocarbonyl (C=S) groups is 1. The first-order valence-electron chi connectivity index (χ1n) is 11.1.